The van der Waals surface area contributed by atoms with E-state index in [-0.39, 0.29) is 10.9 Å². The standard InChI is InChI=1S/C10H12O4S3/c11-10(9-5-2-1-3-6-9)16-15-7-4-8-17(12,13)14/h1-3,5-6H,4,7-8H2,(H,12,13,14). The molecule has 0 aliphatic heterocycles. The van der Waals surface area contributed by atoms with E-state index in [1.54, 1.807) is 24.3 Å². The molecule has 0 aliphatic carbocycles. The Morgan fingerprint density at radius 1 is 1.24 bits per heavy atom. The summed E-state index contributed by atoms with van der Waals surface area (Å²) in [7, 11) is -1.51. The van der Waals surface area contributed by atoms with Crippen LogP contribution >= 0.6 is 21.6 Å². The SMILES string of the molecule is O=C(SSCCCS(=O)(=O)O)c1ccccc1. The number of rotatable bonds is 6. The van der Waals surface area contributed by atoms with Crippen LogP contribution in [0.3, 0.4) is 0 Å². The molecule has 7 heteroatoms. The second kappa shape index (κ2) is 7.05. The van der Waals surface area contributed by atoms with Crippen LogP contribution < -0.4 is 0 Å². The third-order valence-corrected chi connectivity index (χ3v) is 4.85. The van der Waals surface area contributed by atoms with Crippen LogP contribution in [0.1, 0.15) is 16.8 Å². The number of hydrogen-bond donors (Lipinski definition) is 1. The Balaban J connectivity index is 2.22. The van der Waals surface area contributed by atoms with Crippen LogP contribution in [-0.4, -0.2) is 29.6 Å². The van der Waals surface area contributed by atoms with Crippen LogP contribution in [0.2, 0.25) is 0 Å². The minimum atomic E-state index is -3.88. The van der Waals surface area contributed by atoms with Gasteiger partial charge in [-0.15, -0.1) is 0 Å². The van der Waals surface area contributed by atoms with Gasteiger partial charge in [0.05, 0.1) is 5.75 Å². The first-order valence-electron chi connectivity index (χ1n) is 4.83. The molecule has 0 amide bonds. The summed E-state index contributed by atoms with van der Waals surface area (Å²) < 4.78 is 29.3. The maximum absolute atomic E-state index is 11.6. The van der Waals surface area contributed by atoms with E-state index in [0.717, 1.165) is 10.8 Å². The molecule has 1 rings (SSSR count). The van der Waals surface area contributed by atoms with Crippen LogP contribution in [0, 0.1) is 0 Å². The van der Waals surface area contributed by atoms with Gasteiger partial charge in [0, 0.05) is 11.3 Å². The van der Waals surface area contributed by atoms with Crippen molar-refractivity contribution in [2.75, 3.05) is 11.5 Å². The molecule has 17 heavy (non-hydrogen) atoms. The number of carbonyl (C=O) groups excluding carboxylic acids is 1. The zero-order valence-corrected chi connectivity index (χ0v) is 11.4. The molecule has 1 aromatic carbocycles. The number of hydrogen-bond acceptors (Lipinski definition) is 5. The molecule has 0 saturated carbocycles. The van der Waals surface area contributed by atoms with Crippen molar-refractivity contribution in [3.8, 4) is 0 Å². The van der Waals surface area contributed by atoms with Crippen LogP contribution in [-0.2, 0) is 10.1 Å². The van der Waals surface area contributed by atoms with Gasteiger partial charge in [0.25, 0.3) is 10.1 Å². The first kappa shape index (κ1) is 14.6. The minimum absolute atomic E-state index is 0.0533. The van der Waals surface area contributed by atoms with Gasteiger partial charge in [-0.25, -0.2) is 0 Å². The molecular formula is C10H12O4S3. The molecule has 0 heterocycles. The fraction of sp³-hybridized carbons (Fsp3) is 0.300. The van der Waals surface area contributed by atoms with Gasteiger partial charge in [0.1, 0.15) is 0 Å². The summed E-state index contributed by atoms with van der Waals surface area (Å²) in [6.07, 6.45) is 0.332. The van der Waals surface area contributed by atoms with Crippen molar-refractivity contribution in [3.05, 3.63) is 35.9 Å². The van der Waals surface area contributed by atoms with E-state index in [0.29, 0.717) is 17.7 Å². The van der Waals surface area contributed by atoms with Crippen LogP contribution in [0.4, 0.5) is 0 Å². The molecule has 0 radical (unpaired) electrons. The molecule has 0 atom stereocenters. The van der Waals surface area contributed by atoms with Gasteiger partial charge in [-0.3, -0.25) is 9.35 Å². The fourth-order valence-electron chi connectivity index (χ4n) is 1.02. The molecule has 0 bridgehead atoms. The van der Waals surface area contributed by atoms with Crippen molar-refractivity contribution in [2.45, 2.75) is 6.42 Å². The first-order chi connectivity index (χ1) is 7.99. The largest absolute Gasteiger partial charge is 0.286 e. The summed E-state index contributed by atoms with van der Waals surface area (Å²) in [5.74, 6) is 0.239. The topological polar surface area (TPSA) is 71.4 Å². The number of benzene rings is 1. The minimum Gasteiger partial charge on any atom is -0.286 e. The van der Waals surface area contributed by atoms with Gasteiger partial charge in [0.2, 0.25) is 5.12 Å². The molecule has 1 aromatic rings. The average molecular weight is 292 g/mol. The lowest BCUT2D eigenvalue weighted by Gasteiger charge is -2.00. The third kappa shape index (κ3) is 6.72. The molecule has 0 spiro atoms. The highest BCUT2D eigenvalue weighted by Gasteiger charge is 2.07. The molecule has 0 unspecified atom stereocenters. The highest BCUT2D eigenvalue weighted by atomic mass is 33.1. The maximum atomic E-state index is 11.6. The summed E-state index contributed by atoms with van der Waals surface area (Å²) in [4.78, 5) is 11.6. The van der Waals surface area contributed by atoms with Crippen molar-refractivity contribution in [1.82, 2.24) is 0 Å². The quantitative estimate of drug-likeness (QED) is 0.493. The van der Waals surface area contributed by atoms with E-state index >= 15 is 0 Å². The zero-order valence-electron chi connectivity index (χ0n) is 8.90. The molecule has 4 nitrogen and oxygen atoms in total. The Morgan fingerprint density at radius 3 is 2.47 bits per heavy atom. The first-order valence-corrected chi connectivity index (χ1v) is 8.76. The van der Waals surface area contributed by atoms with Gasteiger partial charge in [-0.2, -0.15) is 8.42 Å². The lowest BCUT2D eigenvalue weighted by molar-refractivity contribution is 0.109. The fourth-order valence-corrected chi connectivity index (χ4v) is 3.61. The Labute approximate surface area is 108 Å². The molecular weight excluding hydrogens is 280 g/mol. The van der Waals surface area contributed by atoms with Crippen molar-refractivity contribution in [2.24, 2.45) is 0 Å². The van der Waals surface area contributed by atoms with E-state index in [4.69, 9.17) is 4.55 Å². The molecule has 1 N–H and O–H groups in total. The van der Waals surface area contributed by atoms with Gasteiger partial charge in [-0.1, -0.05) is 41.1 Å². The predicted molar refractivity (Wildman–Crippen MR) is 71.9 cm³/mol. The maximum Gasteiger partial charge on any atom is 0.264 e. The zero-order chi connectivity index (χ0) is 12.7. The average Bonchev–Trinajstić information content (AvgIpc) is 2.28. The Kier molecular flexibility index (Phi) is 6.04. The predicted octanol–water partition coefficient (Wildman–Crippen LogP) is 2.49. The molecule has 94 valence electrons. The smallest absolute Gasteiger partial charge is 0.264 e. The highest BCUT2D eigenvalue weighted by molar-refractivity contribution is 8.82. The highest BCUT2D eigenvalue weighted by Crippen LogP contribution is 2.26. The van der Waals surface area contributed by atoms with Gasteiger partial charge in [0.15, 0.2) is 0 Å². The second-order valence-electron chi connectivity index (χ2n) is 3.20. The molecule has 0 aromatic heterocycles. The van der Waals surface area contributed by atoms with Crippen LogP contribution in [0.25, 0.3) is 0 Å². The van der Waals surface area contributed by atoms with Crippen molar-refractivity contribution >= 4 is 36.8 Å². The lowest BCUT2D eigenvalue weighted by Crippen LogP contribution is -2.04. The molecule has 0 saturated heterocycles. The van der Waals surface area contributed by atoms with E-state index in [2.05, 4.69) is 0 Å². The van der Waals surface area contributed by atoms with Gasteiger partial charge < -0.3 is 0 Å². The van der Waals surface area contributed by atoms with Crippen LogP contribution in [0.15, 0.2) is 30.3 Å². The summed E-state index contributed by atoms with van der Waals surface area (Å²) in [6, 6.07) is 8.87. The summed E-state index contributed by atoms with van der Waals surface area (Å²) in [5.41, 5.74) is 0.625. The monoisotopic (exact) mass is 292 g/mol. The summed E-state index contributed by atoms with van der Waals surface area (Å²) in [6.45, 7) is 0. The lowest BCUT2D eigenvalue weighted by atomic mass is 10.2. The van der Waals surface area contributed by atoms with Crippen molar-refractivity contribution < 1.29 is 17.8 Å². The second-order valence-corrected chi connectivity index (χ2v) is 7.16. The Morgan fingerprint density at radius 2 is 1.88 bits per heavy atom. The summed E-state index contributed by atoms with van der Waals surface area (Å²) in [5, 5.41) is -0.0533. The van der Waals surface area contributed by atoms with Crippen molar-refractivity contribution in [1.29, 1.82) is 0 Å². The number of carbonyl (C=O) groups is 1. The summed E-state index contributed by atoms with van der Waals surface area (Å²) >= 11 is 0. The van der Waals surface area contributed by atoms with E-state index < -0.39 is 10.1 Å². The van der Waals surface area contributed by atoms with Gasteiger partial charge in [-0.05, 0) is 17.2 Å². The third-order valence-electron chi connectivity index (χ3n) is 1.77. The van der Waals surface area contributed by atoms with E-state index in [1.165, 1.54) is 10.8 Å². The van der Waals surface area contributed by atoms with Crippen LogP contribution in [0.5, 0.6) is 0 Å². The van der Waals surface area contributed by atoms with Gasteiger partial charge >= 0.3 is 0 Å². The van der Waals surface area contributed by atoms with E-state index in [9.17, 15) is 13.2 Å². The molecule has 0 fully saturated rings. The molecule has 0 aliphatic rings. The Hall–Kier alpha value is -0.500. The van der Waals surface area contributed by atoms with E-state index in [1.807, 2.05) is 6.07 Å². The normalized spacial score (nSPS) is 11.4. The van der Waals surface area contributed by atoms with Crippen molar-refractivity contribution in [3.63, 3.8) is 0 Å². The Bertz CT molecular complexity index is 456.